The minimum Gasteiger partial charge on any atom is -0.478 e. The largest absolute Gasteiger partial charge is 0.478 e. The van der Waals surface area contributed by atoms with E-state index in [4.69, 9.17) is 9.84 Å². The first kappa shape index (κ1) is 14.1. The Labute approximate surface area is 114 Å². The molecule has 0 atom stereocenters. The van der Waals surface area contributed by atoms with Gasteiger partial charge in [-0.25, -0.2) is 4.79 Å². The van der Waals surface area contributed by atoms with Gasteiger partial charge >= 0.3 is 5.97 Å². The van der Waals surface area contributed by atoms with Crippen LogP contribution in [0.4, 0.5) is 0 Å². The summed E-state index contributed by atoms with van der Waals surface area (Å²) in [7, 11) is 0. The molecule has 104 valence electrons. The van der Waals surface area contributed by atoms with Crippen LogP contribution in [0.2, 0.25) is 0 Å². The fraction of sp³-hybridized carbons (Fsp3) is 0.562. The lowest BCUT2D eigenvalue weighted by molar-refractivity contribution is 0.0696. The highest BCUT2D eigenvalue weighted by molar-refractivity contribution is 5.87. The summed E-state index contributed by atoms with van der Waals surface area (Å²) in [6.45, 7) is 3.73. The van der Waals surface area contributed by atoms with Crippen molar-refractivity contribution in [3.8, 4) is 0 Å². The first-order valence-electron chi connectivity index (χ1n) is 7.11. The van der Waals surface area contributed by atoms with Crippen molar-refractivity contribution in [2.45, 2.75) is 38.5 Å². The molecule has 1 aliphatic rings. The Morgan fingerprint density at radius 2 is 1.84 bits per heavy atom. The Morgan fingerprint density at radius 1 is 1.21 bits per heavy atom. The predicted molar refractivity (Wildman–Crippen MR) is 74.6 cm³/mol. The number of aromatic carboxylic acids is 1. The Hall–Kier alpha value is -1.35. The molecule has 0 radical (unpaired) electrons. The molecule has 0 aliphatic heterocycles. The fourth-order valence-corrected chi connectivity index (χ4v) is 2.84. The SMILES string of the molecule is CCOCC1CCC(c2ccc(C(=O)O)cc2)CC1. The Bertz CT molecular complexity index is 403. The van der Waals surface area contributed by atoms with Crippen LogP contribution in [0.15, 0.2) is 24.3 Å². The second-order valence-electron chi connectivity index (χ2n) is 5.30. The molecule has 0 heterocycles. The molecule has 0 amide bonds. The smallest absolute Gasteiger partial charge is 0.335 e. The first-order valence-corrected chi connectivity index (χ1v) is 7.11. The maximum absolute atomic E-state index is 10.8. The summed E-state index contributed by atoms with van der Waals surface area (Å²) in [6.07, 6.45) is 4.80. The molecule has 1 N–H and O–H groups in total. The number of ether oxygens (including phenoxy) is 1. The lowest BCUT2D eigenvalue weighted by Crippen LogP contribution is -2.17. The third-order valence-electron chi connectivity index (χ3n) is 4.03. The van der Waals surface area contributed by atoms with Crippen molar-refractivity contribution in [1.82, 2.24) is 0 Å². The van der Waals surface area contributed by atoms with Crippen molar-refractivity contribution in [1.29, 1.82) is 0 Å². The van der Waals surface area contributed by atoms with Crippen LogP contribution < -0.4 is 0 Å². The van der Waals surface area contributed by atoms with Gasteiger partial charge < -0.3 is 9.84 Å². The second-order valence-corrected chi connectivity index (χ2v) is 5.30. The minimum absolute atomic E-state index is 0.369. The highest BCUT2D eigenvalue weighted by atomic mass is 16.5. The molecule has 3 heteroatoms. The van der Waals surface area contributed by atoms with Crippen LogP contribution in [-0.2, 0) is 4.74 Å². The summed E-state index contributed by atoms with van der Waals surface area (Å²) < 4.78 is 5.49. The van der Waals surface area contributed by atoms with Crippen LogP contribution in [-0.4, -0.2) is 24.3 Å². The van der Waals surface area contributed by atoms with Gasteiger partial charge in [-0.2, -0.15) is 0 Å². The lowest BCUT2D eigenvalue weighted by atomic mass is 9.79. The van der Waals surface area contributed by atoms with Gasteiger partial charge in [-0.1, -0.05) is 12.1 Å². The molecular formula is C16H22O3. The van der Waals surface area contributed by atoms with Crippen molar-refractivity contribution in [3.05, 3.63) is 35.4 Å². The van der Waals surface area contributed by atoms with Crippen molar-refractivity contribution < 1.29 is 14.6 Å². The van der Waals surface area contributed by atoms with Crippen molar-refractivity contribution >= 4 is 5.97 Å². The molecule has 19 heavy (non-hydrogen) atoms. The zero-order chi connectivity index (χ0) is 13.7. The molecule has 0 spiro atoms. The zero-order valence-electron chi connectivity index (χ0n) is 11.5. The van der Waals surface area contributed by atoms with Crippen LogP contribution in [0.5, 0.6) is 0 Å². The van der Waals surface area contributed by atoms with E-state index in [1.165, 1.54) is 31.2 Å². The van der Waals surface area contributed by atoms with Gasteiger partial charge in [0.2, 0.25) is 0 Å². The standard InChI is InChI=1S/C16H22O3/c1-2-19-11-12-3-5-13(6-4-12)14-7-9-15(10-8-14)16(17)18/h7-10,12-13H,2-6,11H2,1H3,(H,17,18). The van der Waals surface area contributed by atoms with Gasteiger partial charge in [-0.3, -0.25) is 0 Å². The van der Waals surface area contributed by atoms with Crippen LogP contribution in [0.3, 0.4) is 0 Å². The third kappa shape index (κ3) is 3.80. The Balaban J connectivity index is 1.88. The molecule has 1 aromatic rings. The van der Waals surface area contributed by atoms with Gasteiger partial charge in [0.15, 0.2) is 0 Å². The van der Waals surface area contributed by atoms with E-state index < -0.39 is 5.97 Å². The maximum atomic E-state index is 10.8. The summed E-state index contributed by atoms with van der Waals surface area (Å²) in [6, 6.07) is 7.36. The van der Waals surface area contributed by atoms with E-state index in [-0.39, 0.29) is 0 Å². The molecule has 1 fully saturated rings. The summed E-state index contributed by atoms with van der Waals surface area (Å²) in [5.74, 6) is 0.433. The molecule has 0 unspecified atom stereocenters. The lowest BCUT2D eigenvalue weighted by Gasteiger charge is -2.28. The quantitative estimate of drug-likeness (QED) is 0.880. The van der Waals surface area contributed by atoms with E-state index in [0.29, 0.717) is 17.4 Å². The highest BCUT2D eigenvalue weighted by Crippen LogP contribution is 2.35. The summed E-state index contributed by atoms with van der Waals surface area (Å²) in [5.41, 5.74) is 1.65. The van der Waals surface area contributed by atoms with Crippen LogP contribution in [0, 0.1) is 5.92 Å². The molecule has 3 nitrogen and oxygen atoms in total. The predicted octanol–water partition coefficient (Wildman–Crippen LogP) is 3.70. The van der Waals surface area contributed by atoms with Gasteiger partial charge in [0.1, 0.15) is 0 Å². The summed E-state index contributed by atoms with van der Waals surface area (Å²) in [4.78, 5) is 10.8. The number of rotatable bonds is 5. The van der Waals surface area contributed by atoms with Gasteiger partial charge in [-0.05, 0) is 62.1 Å². The number of benzene rings is 1. The molecule has 2 rings (SSSR count). The molecule has 1 aromatic carbocycles. The number of hydrogen-bond acceptors (Lipinski definition) is 2. The van der Waals surface area contributed by atoms with Gasteiger partial charge in [0, 0.05) is 13.2 Å². The number of carbonyl (C=O) groups is 1. The summed E-state index contributed by atoms with van der Waals surface area (Å²) in [5, 5.41) is 8.89. The Kier molecular flexibility index (Phi) is 4.97. The summed E-state index contributed by atoms with van der Waals surface area (Å²) >= 11 is 0. The molecule has 0 saturated heterocycles. The van der Waals surface area contributed by atoms with E-state index in [2.05, 4.69) is 0 Å². The highest BCUT2D eigenvalue weighted by Gasteiger charge is 2.22. The monoisotopic (exact) mass is 262 g/mol. The van der Waals surface area contributed by atoms with Crippen LogP contribution in [0.25, 0.3) is 0 Å². The van der Waals surface area contributed by atoms with Crippen molar-refractivity contribution in [2.75, 3.05) is 13.2 Å². The van der Waals surface area contributed by atoms with E-state index in [0.717, 1.165) is 13.2 Å². The van der Waals surface area contributed by atoms with Gasteiger partial charge in [-0.15, -0.1) is 0 Å². The van der Waals surface area contributed by atoms with Crippen LogP contribution in [0.1, 0.15) is 54.4 Å². The second kappa shape index (κ2) is 6.71. The molecule has 1 saturated carbocycles. The van der Waals surface area contributed by atoms with Gasteiger partial charge in [0.05, 0.1) is 5.56 Å². The van der Waals surface area contributed by atoms with E-state index in [9.17, 15) is 4.79 Å². The van der Waals surface area contributed by atoms with E-state index in [1.807, 2.05) is 19.1 Å². The average Bonchev–Trinajstić information content (AvgIpc) is 2.46. The fourth-order valence-electron chi connectivity index (χ4n) is 2.84. The molecular weight excluding hydrogens is 240 g/mol. The molecule has 0 aromatic heterocycles. The van der Waals surface area contributed by atoms with Crippen LogP contribution >= 0.6 is 0 Å². The molecule has 0 bridgehead atoms. The van der Waals surface area contributed by atoms with E-state index >= 15 is 0 Å². The normalized spacial score (nSPS) is 23.2. The minimum atomic E-state index is -0.855. The third-order valence-corrected chi connectivity index (χ3v) is 4.03. The number of hydrogen-bond donors (Lipinski definition) is 1. The first-order chi connectivity index (χ1) is 9.20. The topological polar surface area (TPSA) is 46.5 Å². The number of carboxylic acids is 1. The Morgan fingerprint density at radius 3 is 2.37 bits per heavy atom. The maximum Gasteiger partial charge on any atom is 0.335 e. The van der Waals surface area contributed by atoms with E-state index in [1.54, 1.807) is 12.1 Å². The molecule has 1 aliphatic carbocycles. The number of carboxylic acid groups (broad SMARTS) is 1. The van der Waals surface area contributed by atoms with Gasteiger partial charge in [0.25, 0.3) is 0 Å². The van der Waals surface area contributed by atoms with Crippen molar-refractivity contribution in [3.63, 3.8) is 0 Å². The average molecular weight is 262 g/mol. The zero-order valence-corrected chi connectivity index (χ0v) is 11.5. The van der Waals surface area contributed by atoms with Crippen molar-refractivity contribution in [2.24, 2.45) is 5.92 Å².